The first kappa shape index (κ1) is 17.8. The van der Waals surface area contributed by atoms with Gasteiger partial charge < -0.3 is 40.9 Å². The van der Waals surface area contributed by atoms with Crippen LogP contribution in [0.4, 0.5) is 0 Å². The number of aliphatic hydroxyl groups is 8. The fraction of sp³-hybridized carbons (Fsp3) is 1.00. The molecule has 0 spiro atoms. The Morgan fingerprint density at radius 3 is 1.70 bits per heavy atom. The molecule has 0 aliphatic heterocycles. The van der Waals surface area contributed by atoms with Crippen molar-refractivity contribution < 1.29 is 49.9 Å². The second-order valence-corrected chi connectivity index (χ2v) is 5.78. The van der Waals surface area contributed by atoms with E-state index < -0.39 is 63.2 Å². The van der Waals surface area contributed by atoms with E-state index in [0.29, 0.717) is 0 Å². The van der Waals surface area contributed by atoms with Crippen molar-refractivity contribution in [2.45, 2.75) is 48.6 Å². The van der Waals surface area contributed by atoms with E-state index in [9.17, 15) is 35.2 Å². The van der Waals surface area contributed by atoms with Gasteiger partial charge >= 0.3 is 13.9 Å². The van der Waals surface area contributed by atoms with E-state index in [2.05, 4.69) is 4.52 Å². The first-order chi connectivity index (χ1) is 9.22. The Labute approximate surface area is 114 Å². The Morgan fingerprint density at radius 2 is 1.30 bits per heavy atom. The van der Waals surface area contributed by atoms with Crippen LogP contribution in [0.25, 0.3) is 0 Å². The summed E-state index contributed by atoms with van der Waals surface area (Å²) in [5.41, 5.74) is 0. The lowest BCUT2D eigenvalue weighted by Crippen LogP contribution is -2.64. The molecule has 0 saturated heterocycles. The molecule has 20 heavy (non-hydrogen) atoms. The molecule has 1 rings (SSSR count). The minimum Gasteiger partial charge on any atom is -0.393 e. The van der Waals surface area contributed by atoms with Crippen molar-refractivity contribution >= 4 is 8.03 Å². The van der Waals surface area contributed by atoms with Crippen LogP contribution in [0.2, 0.25) is 0 Å². The molecule has 0 heterocycles. The highest BCUT2D eigenvalue weighted by Gasteiger charge is 2.53. The van der Waals surface area contributed by atoms with E-state index in [-0.39, 0.29) is 0 Å². The molecule has 0 aromatic carbocycles. The highest BCUT2D eigenvalue weighted by atomic mass is 31.1. The lowest BCUT2D eigenvalue weighted by atomic mass is 9.85. The summed E-state index contributed by atoms with van der Waals surface area (Å²) < 4.78 is 16.2. The zero-order valence-electron chi connectivity index (χ0n) is 10.2. The third-order valence-corrected chi connectivity index (χ3v) is 4.27. The molecule has 0 amide bonds. The lowest BCUT2D eigenvalue weighted by Gasteiger charge is -2.39. The third kappa shape index (κ3) is 3.49. The standard InChI is InChI=1S/C9H18O10P/c10-1-2(11)9(17)20(18)19-8-6(15)4(13)3(12)5(14)7(8)16/h2-17H,1H2/q+1. The molecule has 10 nitrogen and oxygen atoms in total. The summed E-state index contributed by atoms with van der Waals surface area (Å²) in [6.07, 6.45) is -12.8. The topological polar surface area (TPSA) is 188 Å². The van der Waals surface area contributed by atoms with Gasteiger partial charge in [0.05, 0.1) is 6.61 Å². The van der Waals surface area contributed by atoms with E-state index in [1.807, 2.05) is 0 Å². The Bertz CT molecular complexity index is 325. The van der Waals surface area contributed by atoms with Gasteiger partial charge in [-0.25, -0.2) is 0 Å². The van der Waals surface area contributed by atoms with Crippen LogP contribution in [0.3, 0.4) is 0 Å². The van der Waals surface area contributed by atoms with Crippen molar-refractivity contribution in [3.63, 3.8) is 0 Å². The quantitative estimate of drug-likeness (QED) is 0.230. The Morgan fingerprint density at radius 1 is 0.900 bits per heavy atom. The Kier molecular flexibility index (Phi) is 6.35. The van der Waals surface area contributed by atoms with Gasteiger partial charge in [-0.2, -0.15) is 0 Å². The van der Waals surface area contributed by atoms with Crippen molar-refractivity contribution in [3.8, 4) is 0 Å². The minimum absolute atomic E-state index is 0.897. The van der Waals surface area contributed by atoms with Crippen LogP contribution in [0.5, 0.6) is 0 Å². The van der Waals surface area contributed by atoms with E-state index in [0.717, 1.165) is 0 Å². The highest BCUT2D eigenvalue weighted by Crippen LogP contribution is 2.36. The second kappa shape index (κ2) is 7.14. The summed E-state index contributed by atoms with van der Waals surface area (Å²) in [7, 11) is -3.04. The van der Waals surface area contributed by atoms with Gasteiger partial charge in [0.2, 0.25) is 0 Å². The van der Waals surface area contributed by atoms with Gasteiger partial charge in [0, 0.05) is 0 Å². The number of hydrogen-bond acceptors (Lipinski definition) is 10. The van der Waals surface area contributed by atoms with Gasteiger partial charge in [0.1, 0.15) is 30.5 Å². The fourth-order valence-electron chi connectivity index (χ4n) is 1.74. The van der Waals surface area contributed by atoms with E-state index in [1.165, 1.54) is 0 Å². The second-order valence-electron chi connectivity index (χ2n) is 4.47. The molecule has 1 fully saturated rings. The van der Waals surface area contributed by atoms with E-state index >= 15 is 0 Å². The monoisotopic (exact) mass is 317 g/mol. The number of hydrogen-bond donors (Lipinski definition) is 8. The molecule has 1 aliphatic carbocycles. The molecule has 0 radical (unpaired) electrons. The highest BCUT2D eigenvalue weighted by molar-refractivity contribution is 7.39. The first-order valence-corrected chi connectivity index (χ1v) is 6.97. The van der Waals surface area contributed by atoms with Crippen LogP contribution >= 0.6 is 8.03 Å². The van der Waals surface area contributed by atoms with Crippen LogP contribution in [-0.2, 0) is 9.09 Å². The van der Waals surface area contributed by atoms with Crippen molar-refractivity contribution in [2.24, 2.45) is 0 Å². The van der Waals surface area contributed by atoms with Crippen molar-refractivity contribution in [3.05, 3.63) is 0 Å². The SMILES string of the molecule is O=[P+](OC1C(O)C(O)C(O)C(O)C1O)C(O)C(O)CO. The Hall–Kier alpha value is -0.260. The normalized spacial score (nSPS) is 42.1. The summed E-state index contributed by atoms with van der Waals surface area (Å²) >= 11 is 0. The maximum absolute atomic E-state index is 11.6. The smallest absolute Gasteiger partial charge is 0.393 e. The van der Waals surface area contributed by atoms with Crippen molar-refractivity contribution in [1.29, 1.82) is 0 Å². The van der Waals surface area contributed by atoms with Gasteiger partial charge in [-0.15, -0.1) is 4.52 Å². The molecular formula is C9H18O10P+. The molecule has 0 aromatic rings. The maximum atomic E-state index is 11.6. The summed E-state index contributed by atoms with van der Waals surface area (Å²) in [6.45, 7) is -0.897. The molecule has 11 heteroatoms. The van der Waals surface area contributed by atoms with Crippen LogP contribution in [0, 0.1) is 0 Å². The summed E-state index contributed by atoms with van der Waals surface area (Å²) in [5, 5.41) is 74.3. The van der Waals surface area contributed by atoms with Gasteiger partial charge in [0.25, 0.3) is 0 Å². The molecule has 1 saturated carbocycles. The zero-order valence-corrected chi connectivity index (χ0v) is 11.1. The summed E-state index contributed by atoms with van der Waals surface area (Å²) in [4.78, 5) is 0. The summed E-state index contributed by atoms with van der Waals surface area (Å²) in [6, 6.07) is 0. The molecule has 0 bridgehead atoms. The summed E-state index contributed by atoms with van der Waals surface area (Å²) in [5.74, 6) is -1.99. The number of aliphatic hydroxyl groups excluding tert-OH is 8. The molecule has 118 valence electrons. The minimum atomic E-state index is -3.04. The van der Waals surface area contributed by atoms with Gasteiger partial charge in [0.15, 0.2) is 12.2 Å². The molecule has 1 aliphatic rings. The number of rotatable bonds is 5. The van der Waals surface area contributed by atoms with Crippen molar-refractivity contribution in [2.75, 3.05) is 6.61 Å². The first-order valence-electron chi connectivity index (χ1n) is 5.72. The molecule has 7 atom stereocenters. The lowest BCUT2D eigenvalue weighted by molar-refractivity contribution is -0.216. The zero-order chi connectivity index (χ0) is 15.6. The van der Waals surface area contributed by atoms with Crippen LogP contribution in [-0.4, -0.2) is 96.0 Å². The van der Waals surface area contributed by atoms with Crippen LogP contribution in [0.1, 0.15) is 0 Å². The third-order valence-electron chi connectivity index (χ3n) is 3.05. The van der Waals surface area contributed by atoms with Gasteiger partial charge in [-0.1, -0.05) is 0 Å². The average molecular weight is 317 g/mol. The largest absolute Gasteiger partial charge is 0.543 e. The van der Waals surface area contributed by atoms with Gasteiger partial charge in [-0.3, -0.25) is 0 Å². The van der Waals surface area contributed by atoms with E-state index in [1.54, 1.807) is 0 Å². The molecular weight excluding hydrogens is 299 g/mol. The van der Waals surface area contributed by atoms with Crippen LogP contribution < -0.4 is 0 Å². The fourth-order valence-corrected chi connectivity index (χ4v) is 2.73. The predicted octanol–water partition coefficient (Wildman–Crippen LogP) is -4.40. The average Bonchev–Trinajstić information content (AvgIpc) is 2.45. The Balaban J connectivity index is 2.77. The maximum Gasteiger partial charge on any atom is 0.543 e. The predicted molar refractivity (Wildman–Crippen MR) is 61.6 cm³/mol. The van der Waals surface area contributed by atoms with Crippen LogP contribution in [0.15, 0.2) is 0 Å². The van der Waals surface area contributed by atoms with E-state index in [4.69, 9.17) is 10.2 Å². The van der Waals surface area contributed by atoms with Gasteiger partial charge in [-0.05, 0) is 4.57 Å². The molecule has 7 unspecified atom stereocenters. The molecule has 0 aromatic heterocycles. The van der Waals surface area contributed by atoms with Crippen molar-refractivity contribution in [1.82, 2.24) is 0 Å². The molecule has 8 N–H and O–H groups in total.